The molecule has 96 valence electrons. The van der Waals surface area contributed by atoms with Crippen molar-refractivity contribution >= 4 is 23.3 Å². The quantitative estimate of drug-likeness (QED) is 0.771. The van der Waals surface area contributed by atoms with Crippen molar-refractivity contribution in [2.24, 2.45) is 0 Å². The van der Waals surface area contributed by atoms with E-state index in [2.05, 4.69) is 0 Å². The fourth-order valence-corrected chi connectivity index (χ4v) is 2.57. The van der Waals surface area contributed by atoms with Crippen LogP contribution >= 0.6 is 0 Å². The Labute approximate surface area is 108 Å². The van der Waals surface area contributed by atoms with E-state index in [9.17, 15) is 14.4 Å². The lowest BCUT2D eigenvalue weighted by molar-refractivity contribution is -0.130. The van der Waals surface area contributed by atoms with Gasteiger partial charge in [-0.25, -0.2) is 9.59 Å². The van der Waals surface area contributed by atoms with Crippen molar-refractivity contribution in [3.63, 3.8) is 0 Å². The van der Waals surface area contributed by atoms with Crippen LogP contribution in [-0.4, -0.2) is 29.4 Å². The third-order valence-corrected chi connectivity index (χ3v) is 3.41. The number of esters is 1. The van der Waals surface area contributed by atoms with Crippen LogP contribution in [0.25, 0.3) is 5.57 Å². The van der Waals surface area contributed by atoms with Gasteiger partial charge in [-0.3, -0.25) is 4.79 Å². The van der Waals surface area contributed by atoms with Crippen LogP contribution in [0.2, 0.25) is 0 Å². The molecule has 1 N–H and O–H groups in total. The van der Waals surface area contributed by atoms with E-state index in [1.807, 2.05) is 0 Å². The van der Waals surface area contributed by atoms with Crippen molar-refractivity contribution in [1.82, 2.24) is 0 Å². The normalized spacial score (nSPS) is 17.2. The Morgan fingerprint density at radius 2 is 1.95 bits per heavy atom. The number of fused-ring (bicyclic) bond motifs is 3. The van der Waals surface area contributed by atoms with E-state index < -0.39 is 11.9 Å². The smallest absolute Gasteiger partial charge is 0.338 e. The summed E-state index contributed by atoms with van der Waals surface area (Å²) in [6.45, 7) is 0.224. The number of carboxylic acid groups (broad SMARTS) is 1. The molecule has 0 radical (unpaired) electrons. The Morgan fingerprint density at radius 1 is 1.21 bits per heavy atom. The second-order valence-corrected chi connectivity index (χ2v) is 4.45. The van der Waals surface area contributed by atoms with E-state index in [1.165, 1.54) is 18.2 Å². The average Bonchev–Trinajstić information content (AvgIpc) is 2.38. The molecule has 1 aromatic carbocycles. The first kappa shape index (κ1) is 11.6. The molecule has 2 aliphatic rings. The number of benzene rings is 1. The molecule has 0 aromatic heterocycles. The lowest BCUT2D eigenvalue weighted by atomic mass is 9.83. The Balaban J connectivity index is 2.28. The van der Waals surface area contributed by atoms with E-state index in [-0.39, 0.29) is 24.4 Å². The van der Waals surface area contributed by atoms with Gasteiger partial charge >= 0.3 is 11.9 Å². The van der Waals surface area contributed by atoms with E-state index in [1.54, 1.807) is 0 Å². The first-order chi connectivity index (χ1) is 9.09. The topological polar surface area (TPSA) is 80.7 Å². The molecule has 1 heterocycles. The molecular formula is C14H10O5. The number of cyclic esters (lactones) is 1. The van der Waals surface area contributed by atoms with Crippen molar-refractivity contribution in [3.8, 4) is 0 Å². The third kappa shape index (κ3) is 1.66. The van der Waals surface area contributed by atoms with Gasteiger partial charge in [-0.05, 0) is 17.2 Å². The number of hydrogen-bond acceptors (Lipinski definition) is 4. The number of carbonyl (C=O) groups excluding carboxylic acids is 2. The Morgan fingerprint density at radius 3 is 2.68 bits per heavy atom. The number of ketones is 1. The number of ether oxygens (including phenoxy) is 1. The maximum absolute atomic E-state index is 12.0. The van der Waals surface area contributed by atoms with Crippen molar-refractivity contribution < 1.29 is 24.2 Å². The molecule has 5 nitrogen and oxygen atoms in total. The van der Waals surface area contributed by atoms with Crippen LogP contribution in [0.1, 0.15) is 38.3 Å². The standard InChI is InChI=1S/C14H10O5/c15-11-4-3-9(13(16)17)7-1-2-10-8(12(7)11)5-6-19-14(10)18/h1-3H,4-6H2,(H,16,17). The summed E-state index contributed by atoms with van der Waals surface area (Å²) in [5.74, 6) is -1.66. The van der Waals surface area contributed by atoms with Crippen molar-refractivity contribution in [3.05, 3.63) is 40.5 Å². The van der Waals surface area contributed by atoms with E-state index in [4.69, 9.17) is 9.84 Å². The van der Waals surface area contributed by atoms with Gasteiger partial charge in [0.05, 0.1) is 17.7 Å². The Hall–Kier alpha value is -2.43. The molecule has 0 amide bonds. The minimum atomic E-state index is -1.06. The monoisotopic (exact) mass is 258 g/mol. The Bertz CT molecular complexity index is 654. The van der Waals surface area contributed by atoms with Gasteiger partial charge in [-0.1, -0.05) is 12.1 Å². The molecule has 1 aromatic rings. The van der Waals surface area contributed by atoms with Gasteiger partial charge in [0, 0.05) is 18.4 Å². The van der Waals surface area contributed by atoms with Gasteiger partial charge in [-0.15, -0.1) is 0 Å². The van der Waals surface area contributed by atoms with E-state index >= 15 is 0 Å². The average molecular weight is 258 g/mol. The molecule has 1 aliphatic carbocycles. The van der Waals surface area contributed by atoms with Crippen molar-refractivity contribution in [2.45, 2.75) is 12.8 Å². The summed E-state index contributed by atoms with van der Waals surface area (Å²) in [5, 5.41) is 9.16. The molecule has 3 rings (SSSR count). The zero-order valence-electron chi connectivity index (χ0n) is 9.93. The molecule has 0 fully saturated rings. The van der Waals surface area contributed by atoms with Gasteiger partial charge in [0.1, 0.15) is 0 Å². The summed E-state index contributed by atoms with van der Waals surface area (Å²) in [6, 6.07) is 3.04. The highest BCUT2D eigenvalue weighted by atomic mass is 16.5. The molecule has 0 spiro atoms. The maximum Gasteiger partial charge on any atom is 0.338 e. The van der Waals surface area contributed by atoms with Gasteiger partial charge < -0.3 is 9.84 Å². The first-order valence-electron chi connectivity index (χ1n) is 5.89. The lowest BCUT2D eigenvalue weighted by Gasteiger charge is -2.23. The number of aliphatic carboxylic acids is 1. The summed E-state index contributed by atoms with van der Waals surface area (Å²) in [4.78, 5) is 34.9. The number of carbonyl (C=O) groups is 3. The Kier molecular flexibility index (Phi) is 2.48. The summed E-state index contributed by atoms with van der Waals surface area (Å²) in [7, 11) is 0. The molecule has 0 saturated heterocycles. The first-order valence-corrected chi connectivity index (χ1v) is 5.89. The largest absolute Gasteiger partial charge is 0.478 e. The van der Waals surface area contributed by atoms with Gasteiger partial charge in [-0.2, -0.15) is 0 Å². The molecular weight excluding hydrogens is 248 g/mol. The third-order valence-electron chi connectivity index (χ3n) is 3.41. The summed E-state index contributed by atoms with van der Waals surface area (Å²) in [6.07, 6.45) is 1.92. The molecule has 1 aliphatic heterocycles. The molecule has 0 bridgehead atoms. The zero-order valence-corrected chi connectivity index (χ0v) is 9.93. The fourth-order valence-electron chi connectivity index (χ4n) is 2.57. The predicted octanol–water partition coefficient (Wildman–Crippen LogP) is 1.45. The lowest BCUT2D eigenvalue weighted by Crippen LogP contribution is -2.23. The van der Waals surface area contributed by atoms with Gasteiger partial charge in [0.25, 0.3) is 0 Å². The fraction of sp³-hybridized carbons (Fsp3) is 0.214. The van der Waals surface area contributed by atoms with E-state index in [0.29, 0.717) is 28.7 Å². The predicted molar refractivity (Wildman–Crippen MR) is 65.0 cm³/mol. The van der Waals surface area contributed by atoms with Crippen LogP contribution in [0.4, 0.5) is 0 Å². The SMILES string of the molecule is O=C(O)C1=CCC(=O)c2c1ccc1c2CCOC1=O. The van der Waals surface area contributed by atoms with E-state index in [0.717, 1.165) is 0 Å². The van der Waals surface area contributed by atoms with Gasteiger partial charge in [0.15, 0.2) is 5.78 Å². The summed E-state index contributed by atoms with van der Waals surface area (Å²) >= 11 is 0. The number of Topliss-reactive ketones (excluding diaryl/α,β-unsaturated/α-hetero) is 1. The molecule has 19 heavy (non-hydrogen) atoms. The van der Waals surface area contributed by atoms with Crippen LogP contribution in [-0.2, 0) is 16.0 Å². The number of rotatable bonds is 1. The minimum Gasteiger partial charge on any atom is -0.478 e. The van der Waals surface area contributed by atoms with Crippen LogP contribution in [0.5, 0.6) is 0 Å². The molecule has 0 unspecified atom stereocenters. The van der Waals surface area contributed by atoms with Crippen LogP contribution in [0.15, 0.2) is 18.2 Å². The van der Waals surface area contributed by atoms with Crippen LogP contribution in [0, 0.1) is 0 Å². The summed E-state index contributed by atoms with van der Waals surface area (Å²) in [5.41, 5.74) is 1.87. The van der Waals surface area contributed by atoms with Crippen molar-refractivity contribution in [1.29, 1.82) is 0 Å². The molecule has 5 heteroatoms. The number of carboxylic acids is 1. The second-order valence-electron chi connectivity index (χ2n) is 4.45. The zero-order chi connectivity index (χ0) is 13.6. The number of allylic oxidation sites excluding steroid dienone is 1. The summed E-state index contributed by atoms with van der Waals surface area (Å²) < 4.78 is 4.92. The highest BCUT2D eigenvalue weighted by Gasteiger charge is 2.30. The van der Waals surface area contributed by atoms with Crippen LogP contribution < -0.4 is 0 Å². The molecule has 0 atom stereocenters. The number of hydrogen-bond donors (Lipinski definition) is 1. The maximum atomic E-state index is 12.0. The van der Waals surface area contributed by atoms with Crippen molar-refractivity contribution in [2.75, 3.05) is 6.61 Å². The molecule has 0 saturated carbocycles. The van der Waals surface area contributed by atoms with Crippen LogP contribution in [0.3, 0.4) is 0 Å². The highest BCUT2D eigenvalue weighted by molar-refractivity contribution is 6.22. The minimum absolute atomic E-state index is 0.0557. The highest BCUT2D eigenvalue weighted by Crippen LogP contribution is 2.33. The van der Waals surface area contributed by atoms with Gasteiger partial charge in [0.2, 0.25) is 0 Å². The second kappa shape index (κ2) is 4.05.